The third-order valence-electron chi connectivity index (χ3n) is 4.33. The molecule has 0 aliphatic carbocycles. The SMILES string of the molecule is COC[C@@H](C)N1C[C@H](C(=O)Nc2cccc(C)c2C)CC1=O. The van der Waals surface area contributed by atoms with Gasteiger partial charge in [0.25, 0.3) is 0 Å². The summed E-state index contributed by atoms with van der Waals surface area (Å²) in [4.78, 5) is 26.2. The van der Waals surface area contributed by atoms with E-state index in [9.17, 15) is 9.59 Å². The molecule has 2 atom stereocenters. The van der Waals surface area contributed by atoms with Gasteiger partial charge in [-0.15, -0.1) is 0 Å². The molecule has 1 N–H and O–H groups in total. The Hall–Kier alpha value is -1.88. The minimum atomic E-state index is -0.299. The molecule has 5 heteroatoms. The van der Waals surface area contributed by atoms with Crippen LogP contribution in [0.5, 0.6) is 0 Å². The number of amides is 2. The van der Waals surface area contributed by atoms with Gasteiger partial charge in [0, 0.05) is 25.8 Å². The first kappa shape index (κ1) is 16.5. The van der Waals surface area contributed by atoms with Crippen LogP contribution in [-0.4, -0.2) is 43.0 Å². The molecule has 1 aromatic rings. The zero-order valence-electron chi connectivity index (χ0n) is 13.7. The van der Waals surface area contributed by atoms with Gasteiger partial charge in [-0.2, -0.15) is 0 Å². The standard InChI is InChI=1S/C17H24N2O3/c1-11-6-5-7-15(13(11)3)18-17(21)14-8-16(20)19(9-14)12(2)10-22-4/h5-7,12,14H,8-10H2,1-4H3,(H,18,21)/t12-,14-/m1/s1. The predicted octanol–water partition coefficient (Wildman–Crippen LogP) is 2.13. The molecule has 0 saturated carbocycles. The fourth-order valence-corrected chi connectivity index (χ4v) is 2.79. The summed E-state index contributed by atoms with van der Waals surface area (Å²) >= 11 is 0. The lowest BCUT2D eigenvalue weighted by Crippen LogP contribution is -2.38. The highest BCUT2D eigenvalue weighted by atomic mass is 16.5. The molecule has 2 amide bonds. The van der Waals surface area contributed by atoms with Gasteiger partial charge in [-0.3, -0.25) is 9.59 Å². The van der Waals surface area contributed by atoms with E-state index in [1.807, 2.05) is 39.0 Å². The topological polar surface area (TPSA) is 58.6 Å². The summed E-state index contributed by atoms with van der Waals surface area (Å²) in [5, 5.41) is 2.96. The van der Waals surface area contributed by atoms with Crippen molar-refractivity contribution in [2.45, 2.75) is 33.2 Å². The summed E-state index contributed by atoms with van der Waals surface area (Å²) in [6, 6.07) is 5.82. The van der Waals surface area contributed by atoms with E-state index in [0.717, 1.165) is 16.8 Å². The molecule has 1 saturated heterocycles. The lowest BCUT2D eigenvalue weighted by Gasteiger charge is -2.24. The van der Waals surface area contributed by atoms with Gasteiger partial charge in [0.2, 0.25) is 11.8 Å². The third-order valence-corrected chi connectivity index (χ3v) is 4.33. The molecule has 120 valence electrons. The number of nitrogens with zero attached hydrogens (tertiary/aromatic N) is 1. The maximum absolute atomic E-state index is 12.4. The maximum Gasteiger partial charge on any atom is 0.229 e. The fourth-order valence-electron chi connectivity index (χ4n) is 2.79. The van der Waals surface area contributed by atoms with E-state index in [1.165, 1.54) is 0 Å². The number of methoxy groups -OCH3 is 1. The number of hydrogen-bond acceptors (Lipinski definition) is 3. The number of ether oxygens (including phenoxy) is 1. The summed E-state index contributed by atoms with van der Waals surface area (Å²) in [5.74, 6) is -0.369. The van der Waals surface area contributed by atoms with Crippen LogP contribution in [0.4, 0.5) is 5.69 Å². The quantitative estimate of drug-likeness (QED) is 0.906. The number of benzene rings is 1. The average Bonchev–Trinajstić information content (AvgIpc) is 2.86. The van der Waals surface area contributed by atoms with E-state index in [0.29, 0.717) is 13.2 Å². The summed E-state index contributed by atoms with van der Waals surface area (Å²) in [6.07, 6.45) is 0.269. The summed E-state index contributed by atoms with van der Waals surface area (Å²) in [6.45, 7) is 6.87. The van der Waals surface area contributed by atoms with Crippen molar-refractivity contribution in [1.29, 1.82) is 0 Å². The van der Waals surface area contributed by atoms with Crippen LogP contribution in [0.15, 0.2) is 18.2 Å². The molecule has 1 heterocycles. The maximum atomic E-state index is 12.4. The van der Waals surface area contributed by atoms with Crippen molar-refractivity contribution in [3.05, 3.63) is 29.3 Å². The van der Waals surface area contributed by atoms with E-state index in [1.54, 1.807) is 12.0 Å². The first-order valence-corrected chi connectivity index (χ1v) is 7.59. The van der Waals surface area contributed by atoms with Gasteiger partial charge >= 0.3 is 0 Å². The minimum absolute atomic E-state index is 0.00370. The van der Waals surface area contributed by atoms with E-state index in [-0.39, 0.29) is 30.2 Å². The smallest absolute Gasteiger partial charge is 0.229 e. The van der Waals surface area contributed by atoms with Gasteiger partial charge in [0.15, 0.2) is 0 Å². The Labute approximate surface area is 131 Å². The first-order valence-electron chi connectivity index (χ1n) is 7.59. The monoisotopic (exact) mass is 304 g/mol. The second kappa shape index (κ2) is 6.92. The molecular formula is C17H24N2O3. The van der Waals surface area contributed by atoms with Crippen LogP contribution in [0.25, 0.3) is 0 Å². The number of nitrogens with one attached hydrogen (secondary N) is 1. The summed E-state index contributed by atoms with van der Waals surface area (Å²) in [7, 11) is 1.61. The van der Waals surface area contributed by atoms with Crippen molar-refractivity contribution < 1.29 is 14.3 Å². The van der Waals surface area contributed by atoms with E-state index in [2.05, 4.69) is 5.32 Å². The van der Waals surface area contributed by atoms with Gasteiger partial charge < -0.3 is 15.0 Å². The highest BCUT2D eigenvalue weighted by Crippen LogP contribution is 2.24. The van der Waals surface area contributed by atoms with Crippen LogP contribution in [0.2, 0.25) is 0 Å². The normalized spacial score (nSPS) is 19.4. The second-order valence-corrected chi connectivity index (χ2v) is 5.99. The molecule has 1 aromatic carbocycles. The molecule has 22 heavy (non-hydrogen) atoms. The van der Waals surface area contributed by atoms with Crippen molar-refractivity contribution in [2.75, 3.05) is 25.6 Å². The Bertz CT molecular complexity index is 571. The molecular weight excluding hydrogens is 280 g/mol. The number of likely N-dealkylation sites (tertiary alicyclic amines) is 1. The Morgan fingerprint density at radius 2 is 2.18 bits per heavy atom. The van der Waals surface area contributed by atoms with Crippen molar-refractivity contribution in [1.82, 2.24) is 4.90 Å². The van der Waals surface area contributed by atoms with Gasteiger partial charge in [0.05, 0.1) is 18.6 Å². The number of carbonyl (C=O) groups is 2. The number of aryl methyl sites for hydroxylation is 1. The van der Waals surface area contributed by atoms with E-state index >= 15 is 0 Å². The zero-order valence-corrected chi connectivity index (χ0v) is 13.7. The first-order chi connectivity index (χ1) is 10.4. The molecule has 2 rings (SSSR count). The third kappa shape index (κ3) is 3.47. The zero-order chi connectivity index (χ0) is 16.3. The molecule has 0 unspecified atom stereocenters. The largest absolute Gasteiger partial charge is 0.383 e. The molecule has 0 spiro atoms. The molecule has 0 aromatic heterocycles. The van der Waals surface area contributed by atoms with E-state index < -0.39 is 0 Å². The molecule has 1 aliphatic rings. The van der Waals surface area contributed by atoms with E-state index in [4.69, 9.17) is 4.74 Å². The van der Waals surface area contributed by atoms with Crippen molar-refractivity contribution in [3.8, 4) is 0 Å². The second-order valence-electron chi connectivity index (χ2n) is 5.99. The Morgan fingerprint density at radius 3 is 2.86 bits per heavy atom. The highest BCUT2D eigenvalue weighted by molar-refractivity contribution is 5.97. The van der Waals surface area contributed by atoms with Gasteiger partial charge in [-0.25, -0.2) is 0 Å². The number of hydrogen-bond donors (Lipinski definition) is 1. The molecule has 5 nitrogen and oxygen atoms in total. The highest BCUT2D eigenvalue weighted by Gasteiger charge is 2.36. The fraction of sp³-hybridized carbons (Fsp3) is 0.529. The van der Waals surface area contributed by atoms with Crippen LogP contribution in [0, 0.1) is 19.8 Å². The predicted molar refractivity (Wildman–Crippen MR) is 85.7 cm³/mol. The average molecular weight is 304 g/mol. The van der Waals surface area contributed by atoms with Gasteiger partial charge in [-0.1, -0.05) is 12.1 Å². The van der Waals surface area contributed by atoms with Crippen LogP contribution in [-0.2, 0) is 14.3 Å². The van der Waals surface area contributed by atoms with Crippen LogP contribution in [0.3, 0.4) is 0 Å². The number of anilines is 1. The summed E-state index contributed by atoms with van der Waals surface area (Å²) < 4.78 is 5.09. The molecule has 1 aliphatic heterocycles. The van der Waals surface area contributed by atoms with Crippen molar-refractivity contribution in [2.24, 2.45) is 5.92 Å². The minimum Gasteiger partial charge on any atom is -0.383 e. The van der Waals surface area contributed by atoms with Crippen LogP contribution < -0.4 is 5.32 Å². The Morgan fingerprint density at radius 1 is 1.45 bits per heavy atom. The van der Waals surface area contributed by atoms with Crippen LogP contribution in [0.1, 0.15) is 24.5 Å². The van der Waals surface area contributed by atoms with Gasteiger partial charge in [0.1, 0.15) is 0 Å². The lowest BCUT2D eigenvalue weighted by molar-refractivity contribution is -0.130. The Kier molecular flexibility index (Phi) is 5.19. The van der Waals surface area contributed by atoms with Gasteiger partial charge in [-0.05, 0) is 38.0 Å². The Balaban J connectivity index is 2.02. The molecule has 1 fully saturated rings. The summed E-state index contributed by atoms with van der Waals surface area (Å²) in [5.41, 5.74) is 3.02. The van der Waals surface area contributed by atoms with Crippen molar-refractivity contribution in [3.63, 3.8) is 0 Å². The van der Waals surface area contributed by atoms with Crippen molar-refractivity contribution >= 4 is 17.5 Å². The number of carbonyl (C=O) groups excluding carboxylic acids is 2. The number of rotatable bonds is 5. The molecule has 0 bridgehead atoms. The van der Waals surface area contributed by atoms with Crippen LogP contribution >= 0.6 is 0 Å². The molecule has 0 radical (unpaired) electrons. The lowest BCUT2D eigenvalue weighted by atomic mass is 10.1.